The maximum Gasteiger partial charge on any atom is 0.308 e. The lowest BCUT2D eigenvalue weighted by Gasteiger charge is -2.34. The molecule has 18 heavy (non-hydrogen) atoms. The molecule has 100 valence electrons. The summed E-state index contributed by atoms with van der Waals surface area (Å²) in [6, 6.07) is 0. The number of aromatic nitrogens is 3. The van der Waals surface area contributed by atoms with E-state index in [1.54, 1.807) is 11.0 Å². The Balaban J connectivity index is 1.87. The SMILES string of the molecule is CCOC(=O)C1CCC(O)(Cn2cncn2)CC1. The van der Waals surface area contributed by atoms with Crippen LogP contribution in [0.15, 0.2) is 12.7 Å². The lowest BCUT2D eigenvalue weighted by Crippen LogP contribution is -2.40. The van der Waals surface area contributed by atoms with Gasteiger partial charge in [0, 0.05) is 0 Å². The molecule has 6 heteroatoms. The zero-order chi connectivity index (χ0) is 13.0. The molecule has 1 aromatic rings. The fourth-order valence-corrected chi connectivity index (χ4v) is 2.42. The summed E-state index contributed by atoms with van der Waals surface area (Å²) < 4.78 is 6.64. The number of nitrogens with zero attached hydrogens (tertiary/aromatic N) is 3. The fraction of sp³-hybridized carbons (Fsp3) is 0.750. The number of ether oxygens (including phenoxy) is 1. The van der Waals surface area contributed by atoms with E-state index in [1.165, 1.54) is 6.33 Å². The molecule has 0 aromatic carbocycles. The van der Waals surface area contributed by atoms with Crippen LogP contribution in [0.25, 0.3) is 0 Å². The number of carbonyl (C=O) groups is 1. The van der Waals surface area contributed by atoms with Crippen LogP contribution < -0.4 is 0 Å². The molecule has 1 fully saturated rings. The van der Waals surface area contributed by atoms with Gasteiger partial charge in [-0.2, -0.15) is 5.10 Å². The minimum atomic E-state index is -0.781. The molecule has 1 N–H and O–H groups in total. The van der Waals surface area contributed by atoms with Crippen molar-refractivity contribution in [3.63, 3.8) is 0 Å². The molecule has 0 amide bonds. The second-order valence-corrected chi connectivity index (χ2v) is 4.84. The molecule has 0 radical (unpaired) electrons. The van der Waals surface area contributed by atoms with Crippen LogP contribution in [0.5, 0.6) is 0 Å². The molecule has 1 aliphatic rings. The van der Waals surface area contributed by atoms with Gasteiger partial charge in [0.2, 0.25) is 0 Å². The minimum Gasteiger partial charge on any atom is -0.466 e. The van der Waals surface area contributed by atoms with Crippen LogP contribution in [0.4, 0.5) is 0 Å². The Morgan fingerprint density at radius 3 is 2.83 bits per heavy atom. The molecule has 2 rings (SSSR count). The molecule has 0 spiro atoms. The number of hydrogen-bond acceptors (Lipinski definition) is 5. The predicted octanol–water partition coefficient (Wildman–Crippen LogP) is 0.762. The fourth-order valence-electron chi connectivity index (χ4n) is 2.42. The van der Waals surface area contributed by atoms with Crippen molar-refractivity contribution in [2.45, 2.75) is 44.8 Å². The van der Waals surface area contributed by atoms with Crippen molar-refractivity contribution in [1.82, 2.24) is 14.8 Å². The maximum atomic E-state index is 11.6. The lowest BCUT2D eigenvalue weighted by molar-refractivity contribution is -0.151. The number of hydrogen-bond donors (Lipinski definition) is 1. The maximum absolute atomic E-state index is 11.6. The molecule has 1 aromatic heterocycles. The average Bonchev–Trinajstić information content (AvgIpc) is 2.82. The van der Waals surface area contributed by atoms with Crippen molar-refractivity contribution in [3.8, 4) is 0 Å². The van der Waals surface area contributed by atoms with E-state index in [-0.39, 0.29) is 11.9 Å². The summed E-state index contributed by atoms with van der Waals surface area (Å²) in [5.74, 6) is -0.207. The van der Waals surface area contributed by atoms with Gasteiger partial charge in [-0.25, -0.2) is 4.98 Å². The molecule has 1 saturated carbocycles. The molecule has 6 nitrogen and oxygen atoms in total. The van der Waals surface area contributed by atoms with Gasteiger partial charge in [-0.1, -0.05) is 0 Å². The van der Waals surface area contributed by atoms with Gasteiger partial charge in [0.05, 0.1) is 24.7 Å². The first-order valence-electron chi connectivity index (χ1n) is 6.34. The third kappa shape index (κ3) is 3.07. The van der Waals surface area contributed by atoms with Gasteiger partial charge in [-0.3, -0.25) is 9.48 Å². The summed E-state index contributed by atoms with van der Waals surface area (Å²) in [6.07, 6.45) is 5.57. The smallest absolute Gasteiger partial charge is 0.308 e. The van der Waals surface area contributed by atoms with Crippen molar-refractivity contribution < 1.29 is 14.6 Å². The minimum absolute atomic E-state index is 0.0685. The van der Waals surface area contributed by atoms with Crippen LogP contribution in [-0.4, -0.2) is 38.0 Å². The summed E-state index contributed by atoms with van der Waals surface area (Å²) in [4.78, 5) is 15.4. The summed E-state index contributed by atoms with van der Waals surface area (Å²) in [5.41, 5.74) is -0.781. The Hall–Kier alpha value is -1.43. The molecule has 1 heterocycles. The number of rotatable bonds is 4. The number of esters is 1. The van der Waals surface area contributed by atoms with E-state index in [2.05, 4.69) is 10.1 Å². The van der Waals surface area contributed by atoms with Gasteiger partial charge in [-0.15, -0.1) is 0 Å². The summed E-state index contributed by atoms with van der Waals surface area (Å²) in [6.45, 7) is 2.66. The third-order valence-electron chi connectivity index (χ3n) is 3.46. The van der Waals surface area contributed by atoms with Gasteiger partial charge in [-0.05, 0) is 32.6 Å². The summed E-state index contributed by atoms with van der Waals surface area (Å²) in [5, 5.41) is 14.4. The van der Waals surface area contributed by atoms with Gasteiger partial charge in [0.15, 0.2) is 0 Å². The third-order valence-corrected chi connectivity index (χ3v) is 3.46. The Morgan fingerprint density at radius 2 is 2.28 bits per heavy atom. The van der Waals surface area contributed by atoms with Crippen LogP contribution in [0.2, 0.25) is 0 Å². The second kappa shape index (κ2) is 5.48. The van der Waals surface area contributed by atoms with Crippen LogP contribution in [0.3, 0.4) is 0 Å². The van der Waals surface area contributed by atoms with Gasteiger partial charge in [0.1, 0.15) is 12.7 Å². The summed E-state index contributed by atoms with van der Waals surface area (Å²) >= 11 is 0. The Bertz CT molecular complexity index is 383. The van der Waals surface area contributed by atoms with Crippen LogP contribution in [-0.2, 0) is 16.1 Å². The van der Waals surface area contributed by atoms with E-state index < -0.39 is 5.60 Å². The first-order valence-corrected chi connectivity index (χ1v) is 6.34. The standard InChI is InChI=1S/C12H19N3O3/c1-2-18-11(16)10-3-5-12(17,6-4-10)7-15-9-13-8-14-15/h8-10,17H,2-7H2,1H3. The number of carbonyl (C=O) groups excluding carboxylic acids is 1. The van der Waals surface area contributed by atoms with E-state index in [0.29, 0.717) is 38.8 Å². The van der Waals surface area contributed by atoms with Crippen molar-refractivity contribution >= 4 is 5.97 Å². The monoisotopic (exact) mass is 253 g/mol. The first-order chi connectivity index (χ1) is 8.63. The molecule has 0 saturated heterocycles. The number of aliphatic hydroxyl groups is 1. The van der Waals surface area contributed by atoms with E-state index in [0.717, 1.165) is 0 Å². The van der Waals surface area contributed by atoms with Crippen LogP contribution >= 0.6 is 0 Å². The van der Waals surface area contributed by atoms with E-state index >= 15 is 0 Å². The molecule has 0 atom stereocenters. The van der Waals surface area contributed by atoms with E-state index in [1.807, 2.05) is 6.92 Å². The van der Waals surface area contributed by atoms with Crippen LogP contribution in [0, 0.1) is 5.92 Å². The Morgan fingerprint density at radius 1 is 1.56 bits per heavy atom. The van der Waals surface area contributed by atoms with Crippen molar-refractivity contribution in [2.75, 3.05) is 6.61 Å². The summed E-state index contributed by atoms with van der Waals surface area (Å²) in [7, 11) is 0. The molecule has 0 bridgehead atoms. The van der Waals surface area contributed by atoms with Gasteiger partial charge >= 0.3 is 5.97 Å². The topological polar surface area (TPSA) is 77.2 Å². The van der Waals surface area contributed by atoms with Crippen molar-refractivity contribution in [1.29, 1.82) is 0 Å². The molecule has 1 aliphatic carbocycles. The Labute approximate surface area is 106 Å². The molecule has 0 unspecified atom stereocenters. The highest BCUT2D eigenvalue weighted by Gasteiger charge is 2.36. The quantitative estimate of drug-likeness (QED) is 0.802. The zero-order valence-electron chi connectivity index (χ0n) is 10.6. The van der Waals surface area contributed by atoms with Gasteiger partial charge in [0.25, 0.3) is 0 Å². The van der Waals surface area contributed by atoms with Crippen LogP contribution in [0.1, 0.15) is 32.6 Å². The van der Waals surface area contributed by atoms with E-state index in [4.69, 9.17) is 4.74 Å². The van der Waals surface area contributed by atoms with Crippen molar-refractivity contribution in [2.24, 2.45) is 5.92 Å². The normalized spacial score (nSPS) is 28.0. The van der Waals surface area contributed by atoms with Crippen molar-refractivity contribution in [3.05, 3.63) is 12.7 Å². The largest absolute Gasteiger partial charge is 0.466 e. The zero-order valence-corrected chi connectivity index (χ0v) is 10.6. The highest BCUT2D eigenvalue weighted by Crippen LogP contribution is 2.33. The first kappa shape index (κ1) is 13.0. The molecular weight excluding hydrogens is 234 g/mol. The second-order valence-electron chi connectivity index (χ2n) is 4.84. The molecular formula is C12H19N3O3. The highest BCUT2D eigenvalue weighted by atomic mass is 16.5. The molecule has 0 aliphatic heterocycles. The predicted molar refractivity (Wildman–Crippen MR) is 63.6 cm³/mol. The van der Waals surface area contributed by atoms with Gasteiger partial charge < -0.3 is 9.84 Å². The highest BCUT2D eigenvalue weighted by molar-refractivity contribution is 5.72. The Kier molecular flexibility index (Phi) is 3.96. The van der Waals surface area contributed by atoms with E-state index in [9.17, 15) is 9.90 Å². The average molecular weight is 253 g/mol. The lowest BCUT2D eigenvalue weighted by atomic mass is 9.79.